The summed E-state index contributed by atoms with van der Waals surface area (Å²) in [6, 6.07) is -0.627. The zero-order valence-electron chi connectivity index (χ0n) is 40.6. The number of unbranched alkanes of at least 4 members (excludes halogenated alkanes) is 18. The van der Waals surface area contributed by atoms with Gasteiger partial charge in [-0.2, -0.15) is 0 Å². The first-order valence-electron chi connectivity index (χ1n) is 25.0. The summed E-state index contributed by atoms with van der Waals surface area (Å²) < 4.78 is 17.3. The average molecular weight is 869 g/mol. The maximum absolute atomic E-state index is 12.7. The van der Waals surface area contributed by atoms with E-state index in [1.54, 1.807) is 0 Å². The Balaban J connectivity index is 4.32. The largest absolute Gasteiger partial charge is 0.477 e. The van der Waals surface area contributed by atoms with Crippen molar-refractivity contribution in [1.82, 2.24) is 0 Å². The highest BCUT2D eigenvalue weighted by Crippen LogP contribution is 2.14. The minimum atomic E-state index is -0.884. The zero-order chi connectivity index (χ0) is 45.6. The Kier molecular flexibility index (Phi) is 42.1. The van der Waals surface area contributed by atoms with E-state index < -0.39 is 18.1 Å². The van der Waals surface area contributed by atoms with Gasteiger partial charge in [0.2, 0.25) is 0 Å². The number of esters is 2. The monoisotopic (exact) mass is 869 g/mol. The third-order valence-corrected chi connectivity index (χ3v) is 10.8. The lowest BCUT2D eigenvalue weighted by Gasteiger charge is -2.31. The Hall–Kier alpha value is -3.23. The number of quaternary nitrogens is 1. The van der Waals surface area contributed by atoms with Crippen LogP contribution in [-0.4, -0.2) is 80.6 Å². The van der Waals surface area contributed by atoms with Crippen molar-refractivity contribution in [2.75, 3.05) is 41.0 Å². The molecule has 0 aliphatic carbocycles. The molecule has 2 atom stereocenters. The number of ether oxygens (including phenoxy) is 3. The number of aliphatic carboxylic acids is 1. The molecule has 0 amide bonds. The van der Waals surface area contributed by atoms with Gasteiger partial charge < -0.3 is 23.8 Å². The molecule has 0 rings (SSSR count). The number of likely N-dealkylation sites (N-methyl/N-ethyl adjacent to an activating group) is 1. The van der Waals surface area contributed by atoms with Gasteiger partial charge in [-0.25, -0.2) is 4.79 Å². The molecule has 0 saturated heterocycles. The van der Waals surface area contributed by atoms with Crippen LogP contribution in [0.25, 0.3) is 0 Å². The van der Waals surface area contributed by atoms with E-state index in [1.165, 1.54) is 103 Å². The van der Waals surface area contributed by atoms with Gasteiger partial charge in [0.15, 0.2) is 12.1 Å². The summed E-state index contributed by atoms with van der Waals surface area (Å²) in [5, 5.41) is 9.64. The summed E-state index contributed by atoms with van der Waals surface area (Å²) in [4.78, 5) is 37.1. The molecule has 8 heteroatoms. The Labute approximate surface area is 381 Å². The van der Waals surface area contributed by atoms with Crippen LogP contribution in [0.3, 0.4) is 0 Å². The smallest absolute Gasteiger partial charge is 0.362 e. The first kappa shape index (κ1) is 58.8. The SMILES string of the molecule is CC/C=C/C/C=C/C/C=C/CCCCCCCCCCCCCC(=O)OCC(COCCC(C(=O)O)[N+](C)(C)C)OC(=O)CCC/C=C/C/C=C/C/C=C/CCCCCCCC. The molecule has 0 aromatic carbocycles. The lowest BCUT2D eigenvalue weighted by Crippen LogP contribution is -2.50. The van der Waals surface area contributed by atoms with Gasteiger partial charge in [0, 0.05) is 19.3 Å². The fourth-order valence-corrected chi connectivity index (χ4v) is 7.00. The van der Waals surface area contributed by atoms with Crippen molar-refractivity contribution in [3.05, 3.63) is 72.9 Å². The fourth-order valence-electron chi connectivity index (χ4n) is 7.00. The summed E-state index contributed by atoms with van der Waals surface area (Å²) in [6.07, 6.45) is 56.7. The van der Waals surface area contributed by atoms with Crippen molar-refractivity contribution in [3.63, 3.8) is 0 Å². The Morgan fingerprint density at radius 3 is 1.39 bits per heavy atom. The molecule has 0 spiro atoms. The molecular formula is C54H94NO7+. The van der Waals surface area contributed by atoms with Gasteiger partial charge in [-0.05, 0) is 77.0 Å². The zero-order valence-corrected chi connectivity index (χ0v) is 40.6. The molecule has 0 heterocycles. The van der Waals surface area contributed by atoms with Gasteiger partial charge >= 0.3 is 17.9 Å². The van der Waals surface area contributed by atoms with E-state index in [2.05, 4.69) is 86.8 Å². The minimum Gasteiger partial charge on any atom is -0.477 e. The standard InChI is InChI=1S/C54H93NO7/c1-6-8-10-12-14-16-18-20-22-24-25-26-27-29-30-32-34-36-38-40-42-44-52(56)61-49-50(48-60-47-46-51(54(58)59)55(3,4)5)62-53(57)45-43-41-39-37-35-33-31-28-23-21-19-17-15-13-11-9-7-2/h8,10,14,16,20-23,31,33,37,39,50-51H,6-7,9,11-13,15,17-19,24-30,32,34-36,38,40-49H2,1-5H3/p+1/b10-8+,16-14+,22-20+,23-21+,33-31+,39-37+. The molecule has 2 unspecified atom stereocenters. The normalized spacial score (nSPS) is 13.5. The van der Waals surface area contributed by atoms with E-state index in [9.17, 15) is 19.5 Å². The van der Waals surface area contributed by atoms with Crippen LogP contribution in [0.2, 0.25) is 0 Å². The Morgan fingerprint density at radius 2 is 0.919 bits per heavy atom. The van der Waals surface area contributed by atoms with Gasteiger partial charge in [-0.1, -0.05) is 177 Å². The number of carboxylic acid groups (broad SMARTS) is 1. The molecule has 62 heavy (non-hydrogen) atoms. The number of carbonyl (C=O) groups is 3. The van der Waals surface area contributed by atoms with E-state index in [0.29, 0.717) is 19.3 Å². The number of allylic oxidation sites excluding steroid dienone is 12. The first-order chi connectivity index (χ1) is 30.1. The number of hydrogen-bond donors (Lipinski definition) is 1. The molecule has 8 nitrogen and oxygen atoms in total. The predicted octanol–water partition coefficient (Wildman–Crippen LogP) is 14.3. The van der Waals surface area contributed by atoms with Gasteiger partial charge in [0.05, 0.1) is 34.4 Å². The second-order valence-electron chi connectivity index (χ2n) is 17.7. The van der Waals surface area contributed by atoms with Crippen LogP contribution in [0.1, 0.15) is 200 Å². The highest BCUT2D eigenvalue weighted by molar-refractivity contribution is 5.72. The van der Waals surface area contributed by atoms with Crippen LogP contribution in [0.4, 0.5) is 0 Å². The van der Waals surface area contributed by atoms with E-state index in [1.807, 2.05) is 21.1 Å². The van der Waals surface area contributed by atoms with Crippen molar-refractivity contribution in [2.24, 2.45) is 0 Å². The van der Waals surface area contributed by atoms with Gasteiger partial charge in [-0.3, -0.25) is 9.59 Å². The van der Waals surface area contributed by atoms with Crippen LogP contribution in [-0.2, 0) is 28.6 Å². The molecule has 0 bridgehead atoms. The molecule has 356 valence electrons. The van der Waals surface area contributed by atoms with Crippen molar-refractivity contribution in [3.8, 4) is 0 Å². The van der Waals surface area contributed by atoms with Crippen molar-refractivity contribution in [2.45, 2.75) is 212 Å². The van der Waals surface area contributed by atoms with Crippen LogP contribution >= 0.6 is 0 Å². The van der Waals surface area contributed by atoms with Gasteiger partial charge in [0.1, 0.15) is 6.61 Å². The summed E-state index contributed by atoms with van der Waals surface area (Å²) in [6.45, 7) is 4.57. The van der Waals surface area contributed by atoms with Crippen molar-refractivity contribution in [1.29, 1.82) is 0 Å². The summed E-state index contributed by atoms with van der Waals surface area (Å²) in [5.41, 5.74) is 0. The molecule has 0 aliphatic rings. The van der Waals surface area contributed by atoms with Crippen LogP contribution < -0.4 is 0 Å². The Morgan fingerprint density at radius 1 is 0.500 bits per heavy atom. The lowest BCUT2D eigenvalue weighted by molar-refractivity contribution is -0.887. The molecular weight excluding hydrogens is 775 g/mol. The van der Waals surface area contributed by atoms with Crippen LogP contribution in [0, 0.1) is 0 Å². The number of carboxylic acids is 1. The molecule has 0 aromatic heterocycles. The van der Waals surface area contributed by atoms with Crippen LogP contribution in [0.15, 0.2) is 72.9 Å². The first-order valence-corrected chi connectivity index (χ1v) is 25.0. The summed E-state index contributed by atoms with van der Waals surface area (Å²) >= 11 is 0. The van der Waals surface area contributed by atoms with Crippen LogP contribution in [0.5, 0.6) is 0 Å². The Bertz CT molecular complexity index is 1240. The third-order valence-electron chi connectivity index (χ3n) is 10.8. The topological polar surface area (TPSA) is 99.1 Å². The van der Waals surface area contributed by atoms with Crippen molar-refractivity contribution >= 4 is 17.9 Å². The fraction of sp³-hybridized carbons (Fsp3) is 0.722. The quantitative estimate of drug-likeness (QED) is 0.0282. The highest BCUT2D eigenvalue weighted by atomic mass is 16.6. The third kappa shape index (κ3) is 42.1. The molecule has 0 radical (unpaired) electrons. The maximum atomic E-state index is 12.7. The highest BCUT2D eigenvalue weighted by Gasteiger charge is 2.31. The summed E-state index contributed by atoms with van der Waals surface area (Å²) in [7, 11) is 5.51. The number of hydrogen-bond acceptors (Lipinski definition) is 6. The second-order valence-corrected chi connectivity index (χ2v) is 17.7. The molecule has 0 fully saturated rings. The lowest BCUT2D eigenvalue weighted by atomic mass is 10.0. The predicted molar refractivity (Wildman–Crippen MR) is 261 cm³/mol. The number of carbonyl (C=O) groups excluding carboxylic acids is 2. The molecule has 0 aliphatic heterocycles. The maximum Gasteiger partial charge on any atom is 0.362 e. The number of nitrogens with zero attached hydrogens (tertiary/aromatic N) is 1. The molecule has 1 N–H and O–H groups in total. The average Bonchev–Trinajstić information content (AvgIpc) is 3.23. The van der Waals surface area contributed by atoms with E-state index in [0.717, 1.165) is 57.8 Å². The molecule has 0 aromatic rings. The molecule has 0 saturated carbocycles. The van der Waals surface area contributed by atoms with E-state index >= 15 is 0 Å². The van der Waals surface area contributed by atoms with Gasteiger partial charge in [0.25, 0.3) is 0 Å². The summed E-state index contributed by atoms with van der Waals surface area (Å²) in [5.74, 6) is -1.54. The van der Waals surface area contributed by atoms with Crippen molar-refractivity contribution < 1.29 is 38.2 Å². The minimum absolute atomic E-state index is 0.0378. The van der Waals surface area contributed by atoms with E-state index in [4.69, 9.17) is 14.2 Å². The van der Waals surface area contributed by atoms with E-state index in [-0.39, 0.29) is 42.7 Å². The van der Waals surface area contributed by atoms with Gasteiger partial charge in [-0.15, -0.1) is 0 Å². The number of rotatable bonds is 44. The second kappa shape index (κ2) is 44.4.